The molecule has 3 rings (SSSR count). The first-order valence-electron chi connectivity index (χ1n) is 7.33. The highest BCUT2D eigenvalue weighted by atomic mass is 32.2. The highest BCUT2D eigenvalue weighted by Gasteiger charge is 2.22. The summed E-state index contributed by atoms with van der Waals surface area (Å²) in [4.78, 5) is 12.3. The van der Waals surface area contributed by atoms with Gasteiger partial charge in [0.05, 0.1) is 15.5 Å². The van der Waals surface area contributed by atoms with Crippen molar-refractivity contribution in [3.05, 3.63) is 59.2 Å². The average Bonchev–Trinajstić information content (AvgIpc) is 3.03. The summed E-state index contributed by atoms with van der Waals surface area (Å²) in [5, 5.41) is 3.34. The number of nitrogens with zero attached hydrogens (tertiary/aromatic N) is 1. The van der Waals surface area contributed by atoms with Crippen LogP contribution in [0.5, 0.6) is 0 Å². The number of sulfonamides is 1. The van der Waals surface area contributed by atoms with Crippen LogP contribution in [0.3, 0.4) is 0 Å². The number of thiophene rings is 1. The molecule has 5 nitrogen and oxygen atoms in total. The molecule has 0 unspecified atom stereocenters. The van der Waals surface area contributed by atoms with Gasteiger partial charge in [0.25, 0.3) is 15.9 Å². The van der Waals surface area contributed by atoms with Gasteiger partial charge < -0.3 is 5.32 Å². The van der Waals surface area contributed by atoms with Gasteiger partial charge in [-0.3, -0.25) is 9.10 Å². The third-order valence-electron chi connectivity index (χ3n) is 3.79. The maximum atomic E-state index is 13.0. The van der Waals surface area contributed by atoms with E-state index in [0.29, 0.717) is 10.6 Å². The molecule has 0 aliphatic heterocycles. The molecule has 1 aromatic heterocycles. The van der Waals surface area contributed by atoms with Gasteiger partial charge in [-0.15, -0.1) is 11.3 Å². The Hall–Kier alpha value is -2.45. The van der Waals surface area contributed by atoms with Crippen molar-refractivity contribution >= 4 is 43.0 Å². The SMILES string of the molecule is CNC(=O)c1cc2cc(N(C)S(=O)(=O)c3ccc(F)cc3)ccc2s1. The van der Waals surface area contributed by atoms with Gasteiger partial charge in [-0.2, -0.15) is 0 Å². The standard InChI is InChI=1S/C17H15FN2O3S2/c1-19-17(21)16-10-11-9-13(5-8-15(11)24-16)20(2)25(22,23)14-6-3-12(18)4-7-14/h3-10H,1-2H3,(H,19,21). The molecule has 1 amide bonds. The smallest absolute Gasteiger partial charge is 0.264 e. The molecule has 25 heavy (non-hydrogen) atoms. The number of hydrogen-bond acceptors (Lipinski definition) is 4. The lowest BCUT2D eigenvalue weighted by Crippen LogP contribution is -2.26. The topological polar surface area (TPSA) is 66.5 Å². The van der Waals surface area contributed by atoms with Crippen molar-refractivity contribution in [1.82, 2.24) is 5.32 Å². The third-order valence-corrected chi connectivity index (χ3v) is 6.70. The van der Waals surface area contributed by atoms with E-state index in [4.69, 9.17) is 0 Å². The van der Waals surface area contributed by atoms with E-state index in [1.165, 1.54) is 30.5 Å². The van der Waals surface area contributed by atoms with Gasteiger partial charge in [0.15, 0.2) is 0 Å². The minimum Gasteiger partial charge on any atom is -0.354 e. The van der Waals surface area contributed by atoms with E-state index >= 15 is 0 Å². The molecule has 0 aliphatic carbocycles. The van der Waals surface area contributed by atoms with Crippen molar-refractivity contribution in [2.24, 2.45) is 0 Å². The van der Waals surface area contributed by atoms with Crippen LogP contribution in [0.2, 0.25) is 0 Å². The molecule has 0 saturated carbocycles. The number of hydrogen-bond donors (Lipinski definition) is 1. The van der Waals surface area contributed by atoms with Gasteiger partial charge in [-0.1, -0.05) is 0 Å². The molecule has 0 spiro atoms. The van der Waals surface area contributed by atoms with Crippen molar-refractivity contribution in [2.45, 2.75) is 4.90 Å². The summed E-state index contributed by atoms with van der Waals surface area (Å²) < 4.78 is 40.4. The lowest BCUT2D eigenvalue weighted by Gasteiger charge is -2.19. The normalized spacial score (nSPS) is 11.5. The average molecular weight is 378 g/mol. The van der Waals surface area contributed by atoms with Crippen LogP contribution >= 0.6 is 11.3 Å². The summed E-state index contributed by atoms with van der Waals surface area (Å²) >= 11 is 1.33. The number of anilines is 1. The number of carbonyl (C=O) groups is 1. The fraction of sp³-hybridized carbons (Fsp3) is 0.118. The zero-order chi connectivity index (χ0) is 18.2. The fourth-order valence-electron chi connectivity index (χ4n) is 2.37. The van der Waals surface area contributed by atoms with Gasteiger partial charge in [-0.25, -0.2) is 12.8 Å². The fourth-order valence-corrected chi connectivity index (χ4v) is 4.54. The molecule has 0 bridgehead atoms. The highest BCUT2D eigenvalue weighted by molar-refractivity contribution is 7.92. The molecule has 0 radical (unpaired) electrons. The van der Waals surface area contributed by atoms with Gasteiger partial charge in [-0.05, 0) is 53.9 Å². The van der Waals surface area contributed by atoms with Gasteiger partial charge >= 0.3 is 0 Å². The van der Waals surface area contributed by atoms with Crippen molar-refractivity contribution in [3.63, 3.8) is 0 Å². The molecule has 0 fully saturated rings. The van der Waals surface area contributed by atoms with E-state index in [0.717, 1.165) is 26.5 Å². The van der Waals surface area contributed by atoms with E-state index in [1.807, 2.05) is 0 Å². The Bertz CT molecular complexity index is 1040. The lowest BCUT2D eigenvalue weighted by molar-refractivity contribution is 0.0967. The van der Waals surface area contributed by atoms with Crippen molar-refractivity contribution in [1.29, 1.82) is 0 Å². The first-order valence-corrected chi connectivity index (χ1v) is 9.59. The molecular weight excluding hydrogens is 363 g/mol. The quantitative estimate of drug-likeness (QED) is 0.758. The van der Waals surface area contributed by atoms with Crippen LogP contribution in [0, 0.1) is 5.82 Å². The minimum absolute atomic E-state index is 0.00728. The molecule has 0 atom stereocenters. The van der Waals surface area contributed by atoms with E-state index in [9.17, 15) is 17.6 Å². The number of benzene rings is 2. The second kappa shape index (κ2) is 6.45. The van der Waals surface area contributed by atoms with Crippen LogP contribution in [-0.4, -0.2) is 28.4 Å². The third kappa shape index (κ3) is 3.22. The number of halogens is 1. The Morgan fingerprint density at radius 2 is 1.80 bits per heavy atom. The molecule has 0 aliphatic rings. The van der Waals surface area contributed by atoms with E-state index in [1.54, 1.807) is 31.3 Å². The maximum Gasteiger partial charge on any atom is 0.264 e. The van der Waals surface area contributed by atoms with Crippen LogP contribution in [-0.2, 0) is 10.0 Å². The first-order chi connectivity index (χ1) is 11.8. The summed E-state index contributed by atoms with van der Waals surface area (Å²) in [6.07, 6.45) is 0. The lowest BCUT2D eigenvalue weighted by atomic mass is 10.2. The zero-order valence-electron chi connectivity index (χ0n) is 13.5. The summed E-state index contributed by atoms with van der Waals surface area (Å²) in [7, 11) is -0.808. The summed E-state index contributed by atoms with van der Waals surface area (Å²) in [5.41, 5.74) is 0.457. The van der Waals surface area contributed by atoms with Crippen LogP contribution in [0.4, 0.5) is 10.1 Å². The Morgan fingerprint density at radius 3 is 2.44 bits per heavy atom. The number of amides is 1. The predicted octanol–water partition coefficient (Wildman–Crippen LogP) is 3.23. The van der Waals surface area contributed by atoms with E-state index in [-0.39, 0.29) is 10.8 Å². The minimum atomic E-state index is -3.80. The molecule has 3 aromatic rings. The maximum absolute atomic E-state index is 13.0. The molecule has 0 saturated heterocycles. The van der Waals surface area contributed by atoms with Crippen LogP contribution in [0.15, 0.2) is 53.4 Å². The first kappa shape index (κ1) is 17.4. The molecule has 1 N–H and O–H groups in total. The molecule has 2 aromatic carbocycles. The second-order valence-corrected chi connectivity index (χ2v) is 8.39. The van der Waals surface area contributed by atoms with Crippen molar-refractivity contribution in [2.75, 3.05) is 18.4 Å². The molecule has 8 heteroatoms. The van der Waals surface area contributed by atoms with Gasteiger partial charge in [0.2, 0.25) is 0 Å². The molecule has 1 heterocycles. The van der Waals surface area contributed by atoms with Gasteiger partial charge in [0.1, 0.15) is 5.82 Å². The Morgan fingerprint density at radius 1 is 1.12 bits per heavy atom. The van der Waals surface area contributed by atoms with Crippen LogP contribution < -0.4 is 9.62 Å². The Balaban J connectivity index is 2.00. The zero-order valence-corrected chi connectivity index (χ0v) is 15.1. The number of rotatable bonds is 4. The van der Waals surface area contributed by atoms with E-state index < -0.39 is 15.8 Å². The van der Waals surface area contributed by atoms with Crippen LogP contribution in [0.25, 0.3) is 10.1 Å². The summed E-state index contributed by atoms with van der Waals surface area (Å²) in [5.74, 6) is -0.682. The number of nitrogens with one attached hydrogen (secondary N) is 1. The second-order valence-electron chi connectivity index (χ2n) is 5.34. The monoisotopic (exact) mass is 378 g/mol. The summed E-state index contributed by atoms with van der Waals surface area (Å²) in [6.45, 7) is 0. The molecule has 130 valence electrons. The van der Waals surface area contributed by atoms with Crippen molar-refractivity contribution < 1.29 is 17.6 Å². The largest absolute Gasteiger partial charge is 0.354 e. The van der Waals surface area contributed by atoms with Crippen molar-refractivity contribution in [3.8, 4) is 0 Å². The van der Waals surface area contributed by atoms with Crippen LogP contribution in [0.1, 0.15) is 9.67 Å². The highest BCUT2D eigenvalue weighted by Crippen LogP contribution is 2.31. The summed E-state index contributed by atoms with van der Waals surface area (Å²) in [6, 6.07) is 11.6. The molecular formula is C17H15FN2O3S2. The Labute approximate surface area is 148 Å². The number of fused-ring (bicyclic) bond motifs is 1. The predicted molar refractivity (Wildman–Crippen MR) is 97.2 cm³/mol. The van der Waals surface area contributed by atoms with Gasteiger partial charge in [0, 0.05) is 18.8 Å². The number of carbonyl (C=O) groups excluding carboxylic acids is 1. The van der Waals surface area contributed by atoms with E-state index in [2.05, 4.69) is 5.32 Å². The Kier molecular flexibility index (Phi) is 4.49.